The van der Waals surface area contributed by atoms with Crippen LogP contribution in [0.5, 0.6) is 0 Å². The topological polar surface area (TPSA) is 33.5 Å². The second kappa shape index (κ2) is 3.54. The van der Waals surface area contributed by atoms with E-state index in [0.29, 0.717) is 12.1 Å². The second-order valence-electron chi connectivity index (χ2n) is 3.12. The van der Waals surface area contributed by atoms with Gasteiger partial charge in [0.25, 0.3) is 5.91 Å². The number of hydrogen-bond donors (Lipinski definition) is 1. The summed E-state index contributed by atoms with van der Waals surface area (Å²) in [5, 5.41) is 2.77. The van der Waals surface area contributed by atoms with Crippen molar-refractivity contribution in [1.29, 1.82) is 0 Å². The minimum Gasteiger partial charge on any atom is -0.352 e. The third-order valence-electron chi connectivity index (χ3n) is 2.13. The zero-order valence-electron chi connectivity index (χ0n) is 8.03. The number of rotatable bonds is 2. The van der Waals surface area contributed by atoms with Crippen molar-refractivity contribution >= 4 is 11.4 Å². The van der Waals surface area contributed by atoms with Gasteiger partial charge in [-0.05, 0) is 31.2 Å². The van der Waals surface area contributed by atoms with Crippen molar-refractivity contribution in [3.05, 3.63) is 42.2 Å². The summed E-state index contributed by atoms with van der Waals surface area (Å²) < 4.78 is 1.97. The normalized spacial score (nSPS) is 10.4. The lowest BCUT2D eigenvalue weighted by Gasteiger charge is -2.02. The third kappa shape index (κ3) is 1.48. The second-order valence-corrected chi connectivity index (χ2v) is 3.12. The fraction of sp³-hybridized carbons (Fsp3) is 0.182. The summed E-state index contributed by atoms with van der Waals surface area (Å²) in [7, 11) is 0. The quantitative estimate of drug-likeness (QED) is 0.764. The average Bonchev–Trinajstić information content (AvgIpc) is 2.64. The monoisotopic (exact) mass is 188 g/mol. The lowest BCUT2D eigenvalue weighted by molar-refractivity contribution is 0.0956. The van der Waals surface area contributed by atoms with E-state index in [0.717, 1.165) is 5.52 Å². The van der Waals surface area contributed by atoms with Crippen LogP contribution in [0.4, 0.5) is 0 Å². The highest BCUT2D eigenvalue weighted by Crippen LogP contribution is 2.07. The van der Waals surface area contributed by atoms with E-state index in [1.54, 1.807) is 0 Å². The summed E-state index contributed by atoms with van der Waals surface area (Å²) >= 11 is 0. The van der Waals surface area contributed by atoms with Gasteiger partial charge < -0.3 is 9.72 Å². The van der Waals surface area contributed by atoms with Gasteiger partial charge in [0.2, 0.25) is 0 Å². The van der Waals surface area contributed by atoms with Crippen molar-refractivity contribution < 1.29 is 4.79 Å². The highest BCUT2D eigenvalue weighted by molar-refractivity contribution is 5.95. The van der Waals surface area contributed by atoms with Crippen LogP contribution in [0, 0.1) is 0 Å². The molecule has 0 aliphatic rings. The van der Waals surface area contributed by atoms with Gasteiger partial charge in [-0.3, -0.25) is 4.79 Å². The Hall–Kier alpha value is -1.77. The first-order valence-corrected chi connectivity index (χ1v) is 4.66. The van der Waals surface area contributed by atoms with Gasteiger partial charge in [0, 0.05) is 30.0 Å². The van der Waals surface area contributed by atoms with E-state index in [-0.39, 0.29) is 5.91 Å². The van der Waals surface area contributed by atoms with Gasteiger partial charge in [-0.15, -0.1) is 0 Å². The van der Waals surface area contributed by atoms with Crippen molar-refractivity contribution in [3.8, 4) is 0 Å². The highest BCUT2D eigenvalue weighted by atomic mass is 16.1. The molecule has 1 amide bonds. The Labute approximate surface area is 82.4 Å². The number of carbonyl (C=O) groups excluding carboxylic acids is 1. The highest BCUT2D eigenvalue weighted by Gasteiger charge is 2.03. The molecule has 3 heteroatoms. The van der Waals surface area contributed by atoms with Crippen LogP contribution < -0.4 is 5.32 Å². The van der Waals surface area contributed by atoms with Crippen molar-refractivity contribution in [2.24, 2.45) is 0 Å². The SMILES string of the molecule is CCNC(=O)c1ccn2cccc2c1. The van der Waals surface area contributed by atoms with Crippen LogP contribution >= 0.6 is 0 Å². The molecule has 0 saturated carbocycles. The Morgan fingerprint density at radius 3 is 3.07 bits per heavy atom. The maximum absolute atomic E-state index is 11.5. The van der Waals surface area contributed by atoms with Crippen LogP contribution in [-0.2, 0) is 0 Å². The van der Waals surface area contributed by atoms with Crippen molar-refractivity contribution in [2.75, 3.05) is 6.54 Å². The maximum Gasteiger partial charge on any atom is 0.251 e. The summed E-state index contributed by atoms with van der Waals surface area (Å²) in [4.78, 5) is 11.5. The molecule has 2 heterocycles. The molecule has 0 aliphatic carbocycles. The summed E-state index contributed by atoms with van der Waals surface area (Å²) in [6.45, 7) is 2.57. The summed E-state index contributed by atoms with van der Waals surface area (Å²) in [5.74, 6) is -0.0174. The van der Waals surface area contributed by atoms with E-state index >= 15 is 0 Å². The van der Waals surface area contributed by atoms with Gasteiger partial charge in [-0.1, -0.05) is 0 Å². The minimum atomic E-state index is -0.0174. The first kappa shape index (κ1) is 8.81. The van der Waals surface area contributed by atoms with Gasteiger partial charge >= 0.3 is 0 Å². The Morgan fingerprint density at radius 2 is 2.29 bits per heavy atom. The largest absolute Gasteiger partial charge is 0.352 e. The van der Waals surface area contributed by atoms with Crippen molar-refractivity contribution in [3.63, 3.8) is 0 Å². The van der Waals surface area contributed by atoms with Crippen LogP contribution in [0.1, 0.15) is 17.3 Å². The van der Waals surface area contributed by atoms with E-state index in [1.165, 1.54) is 0 Å². The molecule has 1 N–H and O–H groups in total. The predicted octanol–water partition coefficient (Wildman–Crippen LogP) is 1.69. The van der Waals surface area contributed by atoms with Crippen molar-refractivity contribution in [1.82, 2.24) is 9.72 Å². The van der Waals surface area contributed by atoms with Gasteiger partial charge in [-0.2, -0.15) is 0 Å². The van der Waals surface area contributed by atoms with Crippen LogP contribution in [0.25, 0.3) is 5.52 Å². The predicted molar refractivity (Wildman–Crippen MR) is 55.4 cm³/mol. The maximum atomic E-state index is 11.5. The molecule has 0 aliphatic heterocycles. The van der Waals surface area contributed by atoms with E-state index < -0.39 is 0 Å². The molecule has 0 bridgehead atoms. The Kier molecular flexibility index (Phi) is 2.23. The number of amides is 1. The molecule has 0 aromatic carbocycles. The number of nitrogens with zero attached hydrogens (tertiary/aromatic N) is 1. The molecule has 3 nitrogen and oxygen atoms in total. The standard InChI is InChI=1S/C11H12N2O/c1-2-12-11(14)9-5-7-13-6-3-4-10(13)8-9/h3-8H,2H2,1H3,(H,12,14). The zero-order valence-corrected chi connectivity index (χ0v) is 8.03. The molecule has 2 aromatic heterocycles. The van der Waals surface area contributed by atoms with Crippen LogP contribution in [0.3, 0.4) is 0 Å². The molecule has 0 spiro atoms. The third-order valence-corrected chi connectivity index (χ3v) is 2.13. The molecular weight excluding hydrogens is 176 g/mol. The Balaban J connectivity index is 2.38. The molecule has 0 unspecified atom stereocenters. The average molecular weight is 188 g/mol. The summed E-state index contributed by atoms with van der Waals surface area (Å²) in [6, 6.07) is 7.63. The van der Waals surface area contributed by atoms with Gasteiger partial charge in [-0.25, -0.2) is 0 Å². The molecular formula is C11H12N2O. The molecule has 72 valence electrons. The molecule has 2 aromatic rings. The Bertz CT molecular complexity index is 459. The Morgan fingerprint density at radius 1 is 1.43 bits per heavy atom. The smallest absolute Gasteiger partial charge is 0.251 e. The molecule has 0 atom stereocenters. The minimum absolute atomic E-state index is 0.0174. The van der Waals surface area contributed by atoms with E-state index in [4.69, 9.17) is 0 Å². The fourth-order valence-electron chi connectivity index (χ4n) is 1.44. The van der Waals surface area contributed by atoms with E-state index in [9.17, 15) is 4.79 Å². The van der Waals surface area contributed by atoms with Crippen LogP contribution in [0.15, 0.2) is 36.7 Å². The molecule has 0 saturated heterocycles. The van der Waals surface area contributed by atoms with Crippen molar-refractivity contribution in [2.45, 2.75) is 6.92 Å². The van der Waals surface area contributed by atoms with Crippen LogP contribution in [-0.4, -0.2) is 16.9 Å². The lowest BCUT2D eigenvalue weighted by Crippen LogP contribution is -2.22. The molecule has 0 radical (unpaired) electrons. The number of pyridine rings is 1. The summed E-state index contributed by atoms with van der Waals surface area (Å²) in [5.41, 5.74) is 1.74. The van der Waals surface area contributed by atoms with Crippen LogP contribution in [0.2, 0.25) is 0 Å². The van der Waals surface area contributed by atoms with Gasteiger partial charge in [0.15, 0.2) is 0 Å². The number of nitrogens with one attached hydrogen (secondary N) is 1. The van der Waals surface area contributed by atoms with Gasteiger partial charge in [0.05, 0.1) is 0 Å². The first-order valence-electron chi connectivity index (χ1n) is 4.66. The number of fused-ring (bicyclic) bond motifs is 1. The molecule has 0 fully saturated rings. The number of hydrogen-bond acceptors (Lipinski definition) is 1. The number of carbonyl (C=O) groups is 1. The van der Waals surface area contributed by atoms with E-state index in [2.05, 4.69) is 5.32 Å². The van der Waals surface area contributed by atoms with Gasteiger partial charge in [0.1, 0.15) is 0 Å². The van der Waals surface area contributed by atoms with E-state index in [1.807, 2.05) is 48.0 Å². The first-order chi connectivity index (χ1) is 6.81. The zero-order chi connectivity index (χ0) is 9.97. The molecule has 2 rings (SSSR count). The summed E-state index contributed by atoms with van der Waals surface area (Å²) in [6.07, 6.45) is 3.84. The fourth-order valence-corrected chi connectivity index (χ4v) is 1.44. The lowest BCUT2D eigenvalue weighted by atomic mass is 10.2. The number of aromatic nitrogens is 1. The molecule has 14 heavy (non-hydrogen) atoms.